The zero-order valence-electron chi connectivity index (χ0n) is 12.1. The van der Waals surface area contributed by atoms with E-state index in [2.05, 4.69) is 37.4 Å². The van der Waals surface area contributed by atoms with E-state index in [0.29, 0.717) is 6.54 Å². The van der Waals surface area contributed by atoms with Crippen LogP contribution in [-0.4, -0.2) is 30.4 Å². The number of carbonyl (C=O) groups is 1. The summed E-state index contributed by atoms with van der Waals surface area (Å²) in [5.41, 5.74) is 3.84. The molecule has 0 fully saturated rings. The molecule has 3 heteroatoms. The van der Waals surface area contributed by atoms with Gasteiger partial charge >= 0.3 is 0 Å². The Morgan fingerprint density at radius 1 is 1.33 bits per heavy atom. The SMILES string of the molecule is Cc1ccc(CN(C)CC(=O)NC(C)C)c(C)c1. The Labute approximate surface area is 110 Å². The van der Waals surface area contributed by atoms with Crippen LogP contribution in [0, 0.1) is 13.8 Å². The van der Waals surface area contributed by atoms with Gasteiger partial charge in [-0.1, -0.05) is 23.8 Å². The minimum atomic E-state index is 0.0808. The van der Waals surface area contributed by atoms with Crippen molar-refractivity contribution >= 4 is 5.91 Å². The van der Waals surface area contributed by atoms with E-state index in [9.17, 15) is 4.79 Å². The summed E-state index contributed by atoms with van der Waals surface area (Å²) in [6.07, 6.45) is 0. The molecule has 18 heavy (non-hydrogen) atoms. The number of rotatable bonds is 5. The van der Waals surface area contributed by atoms with Crippen molar-refractivity contribution in [2.75, 3.05) is 13.6 Å². The number of carbonyl (C=O) groups excluding carboxylic acids is 1. The quantitative estimate of drug-likeness (QED) is 0.867. The molecule has 0 saturated carbocycles. The first-order valence-corrected chi connectivity index (χ1v) is 6.42. The highest BCUT2D eigenvalue weighted by molar-refractivity contribution is 5.78. The fourth-order valence-electron chi connectivity index (χ4n) is 1.98. The van der Waals surface area contributed by atoms with Crippen LogP contribution in [0.15, 0.2) is 18.2 Å². The van der Waals surface area contributed by atoms with Crippen LogP contribution in [0.1, 0.15) is 30.5 Å². The van der Waals surface area contributed by atoms with E-state index in [1.54, 1.807) is 0 Å². The molecule has 0 saturated heterocycles. The topological polar surface area (TPSA) is 32.3 Å². The summed E-state index contributed by atoms with van der Waals surface area (Å²) in [6, 6.07) is 6.63. The fraction of sp³-hybridized carbons (Fsp3) is 0.533. The summed E-state index contributed by atoms with van der Waals surface area (Å²) < 4.78 is 0. The molecule has 0 radical (unpaired) electrons. The van der Waals surface area contributed by atoms with E-state index in [-0.39, 0.29) is 11.9 Å². The smallest absolute Gasteiger partial charge is 0.234 e. The number of amides is 1. The van der Waals surface area contributed by atoms with Gasteiger partial charge in [-0.3, -0.25) is 9.69 Å². The Kier molecular flexibility index (Phi) is 5.35. The highest BCUT2D eigenvalue weighted by Gasteiger charge is 2.09. The van der Waals surface area contributed by atoms with E-state index < -0.39 is 0 Å². The van der Waals surface area contributed by atoms with Gasteiger partial charge in [0.25, 0.3) is 0 Å². The van der Waals surface area contributed by atoms with Crippen molar-refractivity contribution in [2.45, 2.75) is 40.3 Å². The van der Waals surface area contributed by atoms with E-state index in [4.69, 9.17) is 0 Å². The average Bonchev–Trinajstić information content (AvgIpc) is 2.20. The van der Waals surface area contributed by atoms with Crippen LogP contribution in [0.4, 0.5) is 0 Å². The van der Waals surface area contributed by atoms with Gasteiger partial charge in [-0.2, -0.15) is 0 Å². The first-order valence-electron chi connectivity index (χ1n) is 6.42. The van der Waals surface area contributed by atoms with Crippen molar-refractivity contribution in [3.63, 3.8) is 0 Å². The highest BCUT2D eigenvalue weighted by Crippen LogP contribution is 2.12. The van der Waals surface area contributed by atoms with Crippen LogP contribution in [0.25, 0.3) is 0 Å². The molecule has 1 aromatic rings. The molecule has 100 valence electrons. The van der Waals surface area contributed by atoms with Crippen LogP contribution in [0.5, 0.6) is 0 Å². The molecule has 0 aromatic heterocycles. The number of nitrogens with zero attached hydrogens (tertiary/aromatic N) is 1. The third kappa shape index (κ3) is 4.88. The number of nitrogens with one attached hydrogen (secondary N) is 1. The van der Waals surface area contributed by atoms with Crippen LogP contribution >= 0.6 is 0 Å². The Morgan fingerprint density at radius 2 is 2.00 bits per heavy atom. The van der Waals surface area contributed by atoms with Gasteiger partial charge in [0.05, 0.1) is 6.54 Å². The monoisotopic (exact) mass is 248 g/mol. The van der Waals surface area contributed by atoms with Crippen molar-refractivity contribution in [1.29, 1.82) is 0 Å². The second-order valence-electron chi connectivity index (χ2n) is 5.32. The summed E-state index contributed by atoms with van der Waals surface area (Å²) in [6.45, 7) is 9.40. The molecule has 0 aliphatic rings. The minimum absolute atomic E-state index is 0.0808. The van der Waals surface area contributed by atoms with Crippen LogP contribution in [-0.2, 0) is 11.3 Å². The number of aryl methyl sites for hydroxylation is 2. The predicted molar refractivity (Wildman–Crippen MR) is 75.5 cm³/mol. The minimum Gasteiger partial charge on any atom is -0.353 e. The lowest BCUT2D eigenvalue weighted by Crippen LogP contribution is -2.38. The lowest BCUT2D eigenvalue weighted by atomic mass is 10.1. The second-order valence-corrected chi connectivity index (χ2v) is 5.32. The maximum atomic E-state index is 11.6. The number of hydrogen-bond acceptors (Lipinski definition) is 2. The number of benzene rings is 1. The highest BCUT2D eigenvalue weighted by atomic mass is 16.2. The van der Waals surface area contributed by atoms with Gasteiger partial charge in [0, 0.05) is 12.6 Å². The third-order valence-corrected chi connectivity index (χ3v) is 2.80. The molecular weight excluding hydrogens is 224 g/mol. The Hall–Kier alpha value is -1.35. The van der Waals surface area contributed by atoms with Crippen molar-refractivity contribution < 1.29 is 4.79 Å². The Bertz CT molecular complexity index is 413. The standard InChI is InChI=1S/C15H24N2O/c1-11(2)16-15(18)10-17(5)9-14-7-6-12(3)8-13(14)4/h6-8,11H,9-10H2,1-5H3,(H,16,18). The van der Waals surface area contributed by atoms with Gasteiger partial charge < -0.3 is 5.32 Å². The van der Waals surface area contributed by atoms with Crippen molar-refractivity contribution in [3.05, 3.63) is 34.9 Å². The van der Waals surface area contributed by atoms with Gasteiger partial charge in [-0.25, -0.2) is 0 Å². The molecule has 0 atom stereocenters. The zero-order chi connectivity index (χ0) is 13.7. The molecule has 0 aliphatic carbocycles. The molecular formula is C15H24N2O. The van der Waals surface area contributed by atoms with Crippen molar-refractivity contribution in [3.8, 4) is 0 Å². The molecule has 1 aromatic carbocycles. The lowest BCUT2D eigenvalue weighted by molar-refractivity contribution is -0.122. The van der Waals surface area contributed by atoms with Gasteiger partial charge in [-0.05, 0) is 45.9 Å². The van der Waals surface area contributed by atoms with E-state index in [1.807, 2.05) is 25.8 Å². The molecule has 1 rings (SSSR count). The lowest BCUT2D eigenvalue weighted by Gasteiger charge is -2.18. The largest absolute Gasteiger partial charge is 0.353 e. The summed E-state index contributed by atoms with van der Waals surface area (Å²) >= 11 is 0. The third-order valence-electron chi connectivity index (χ3n) is 2.80. The van der Waals surface area contributed by atoms with E-state index in [0.717, 1.165) is 6.54 Å². The maximum absolute atomic E-state index is 11.6. The van der Waals surface area contributed by atoms with Crippen LogP contribution in [0.3, 0.4) is 0 Å². The van der Waals surface area contributed by atoms with Crippen LogP contribution in [0.2, 0.25) is 0 Å². The molecule has 0 bridgehead atoms. The molecule has 0 unspecified atom stereocenters. The predicted octanol–water partition coefficient (Wildman–Crippen LogP) is 2.26. The van der Waals surface area contributed by atoms with Crippen molar-refractivity contribution in [2.24, 2.45) is 0 Å². The van der Waals surface area contributed by atoms with E-state index >= 15 is 0 Å². The van der Waals surface area contributed by atoms with Crippen LogP contribution < -0.4 is 5.32 Å². The van der Waals surface area contributed by atoms with Gasteiger partial charge in [0.15, 0.2) is 0 Å². The normalized spacial score (nSPS) is 11.1. The summed E-state index contributed by atoms with van der Waals surface area (Å²) in [4.78, 5) is 13.7. The molecule has 0 heterocycles. The molecule has 0 spiro atoms. The Morgan fingerprint density at radius 3 is 2.56 bits per heavy atom. The molecule has 1 amide bonds. The van der Waals surface area contributed by atoms with Gasteiger partial charge in [0.1, 0.15) is 0 Å². The zero-order valence-corrected chi connectivity index (χ0v) is 12.1. The summed E-state index contributed by atoms with van der Waals surface area (Å²) in [5.74, 6) is 0.0808. The Balaban J connectivity index is 2.54. The summed E-state index contributed by atoms with van der Waals surface area (Å²) in [5, 5.41) is 2.90. The van der Waals surface area contributed by atoms with Gasteiger partial charge in [-0.15, -0.1) is 0 Å². The first-order chi connectivity index (χ1) is 8.38. The second kappa shape index (κ2) is 6.55. The first kappa shape index (κ1) is 14.7. The number of hydrogen-bond donors (Lipinski definition) is 1. The number of likely N-dealkylation sites (N-methyl/N-ethyl adjacent to an activating group) is 1. The average molecular weight is 248 g/mol. The molecule has 3 nitrogen and oxygen atoms in total. The molecule has 1 N–H and O–H groups in total. The fourth-order valence-corrected chi connectivity index (χ4v) is 1.98. The maximum Gasteiger partial charge on any atom is 0.234 e. The summed E-state index contributed by atoms with van der Waals surface area (Å²) in [7, 11) is 1.97. The molecule has 0 aliphatic heterocycles. The van der Waals surface area contributed by atoms with E-state index in [1.165, 1.54) is 16.7 Å². The van der Waals surface area contributed by atoms with Crippen molar-refractivity contribution in [1.82, 2.24) is 10.2 Å². The van der Waals surface area contributed by atoms with Gasteiger partial charge in [0.2, 0.25) is 5.91 Å².